The Morgan fingerprint density at radius 3 is 2.50 bits per heavy atom. The highest BCUT2D eigenvalue weighted by molar-refractivity contribution is 5.71. The summed E-state index contributed by atoms with van der Waals surface area (Å²) in [6.45, 7) is 6.50. The van der Waals surface area contributed by atoms with Crippen molar-refractivity contribution < 1.29 is 19.0 Å². The summed E-state index contributed by atoms with van der Waals surface area (Å²) in [5.41, 5.74) is 1.10. The number of ether oxygens (including phenoxy) is 3. The van der Waals surface area contributed by atoms with Crippen LogP contribution in [-0.4, -0.2) is 41.1 Å². The van der Waals surface area contributed by atoms with E-state index in [-0.39, 0.29) is 36.4 Å². The Kier molecular flexibility index (Phi) is 3.00. The van der Waals surface area contributed by atoms with Gasteiger partial charge < -0.3 is 14.2 Å². The van der Waals surface area contributed by atoms with Gasteiger partial charge in [-0.25, -0.2) is 4.79 Å². The molecule has 22 heavy (non-hydrogen) atoms. The van der Waals surface area contributed by atoms with Crippen LogP contribution < -0.4 is 0 Å². The molecule has 2 saturated heterocycles. The summed E-state index contributed by atoms with van der Waals surface area (Å²) in [5.74, 6) is -0.416. The summed E-state index contributed by atoms with van der Waals surface area (Å²) in [7, 11) is 0. The number of fused-ring (bicyclic) bond motifs is 3. The van der Waals surface area contributed by atoms with Crippen LogP contribution in [0.15, 0.2) is 30.3 Å². The summed E-state index contributed by atoms with van der Waals surface area (Å²) < 4.78 is 17.6. The highest BCUT2D eigenvalue weighted by atomic mass is 16.8. The maximum absolute atomic E-state index is 12.3. The fraction of sp³-hybridized carbons (Fsp3) is 0.588. The second-order valence-corrected chi connectivity index (χ2v) is 6.88. The Balaban J connectivity index is 1.58. The molecular weight excluding hydrogens is 282 g/mol. The van der Waals surface area contributed by atoms with E-state index >= 15 is 0 Å². The zero-order valence-electron chi connectivity index (χ0n) is 13.1. The largest absolute Gasteiger partial charge is 0.441 e. The van der Waals surface area contributed by atoms with E-state index in [1.54, 1.807) is 0 Å². The average molecular weight is 303 g/mol. The predicted molar refractivity (Wildman–Crippen MR) is 79.0 cm³/mol. The first-order valence-electron chi connectivity index (χ1n) is 7.83. The minimum atomic E-state index is -0.603. The zero-order valence-corrected chi connectivity index (χ0v) is 13.1. The van der Waals surface area contributed by atoms with Crippen LogP contribution >= 0.6 is 0 Å². The molecule has 4 rings (SSSR count). The topological polar surface area (TPSA) is 48.0 Å². The first kappa shape index (κ1) is 14.0. The molecule has 0 N–H and O–H groups in total. The van der Waals surface area contributed by atoms with Gasteiger partial charge in [-0.1, -0.05) is 37.3 Å². The summed E-state index contributed by atoms with van der Waals surface area (Å²) in [4.78, 5) is 14.1. The molecule has 1 aromatic rings. The Bertz CT molecular complexity index is 588. The fourth-order valence-electron chi connectivity index (χ4n) is 4.02. The molecule has 1 aliphatic carbocycles. The van der Waals surface area contributed by atoms with E-state index in [0.29, 0.717) is 6.54 Å². The maximum Gasteiger partial charge on any atom is 0.410 e. The standard InChI is InChI=1S/C17H21NO4/c1-10-12-14(15-13(10)21-17(2,3)22-15)20-16(19)18(12)9-11-7-5-4-6-8-11/h4-8,10,12-15H,9H2,1-3H3/t10-,12-,13-,14-,15-/m1/s1. The van der Waals surface area contributed by atoms with Crippen molar-refractivity contribution in [3.05, 3.63) is 35.9 Å². The molecule has 0 aromatic heterocycles. The molecule has 118 valence electrons. The zero-order chi connectivity index (χ0) is 15.5. The molecule has 3 fully saturated rings. The summed E-state index contributed by atoms with van der Waals surface area (Å²) in [6.07, 6.45) is -0.674. The Labute approximate surface area is 130 Å². The van der Waals surface area contributed by atoms with Crippen molar-refractivity contribution in [3.63, 3.8) is 0 Å². The van der Waals surface area contributed by atoms with Crippen LogP contribution in [0.25, 0.3) is 0 Å². The molecule has 0 spiro atoms. The maximum atomic E-state index is 12.3. The molecule has 0 bridgehead atoms. The molecule has 1 aromatic carbocycles. The van der Waals surface area contributed by atoms with Gasteiger partial charge in [0.15, 0.2) is 11.9 Å². The van der Waals surface area contributed by atoms with Crippen molar-refractivity contribution in [1.29, 1.82) is 0 Å². The normalized spacial score (nSPS) is 38.8. The first-order chi connectivity index (χ1) is 10.5. The molecule has 2 aliphatic heterocycles. The fourth-order valence-corrected chi connectivity index (χ4v) is 4.02. The number of hydrogen-bond acceptors (Lipinski definition) is 4. The van der Waals surface area contributed by atoms with Gasteiger partial charge in [0.25, 0.3) is 0 Å². The van der Waals surface area contributed by atoms with Crippen LogP contribution in [0.1, 0.15) is 26.3 Å². The van der Waals surface area contributed by atoms with Crippen molar-refractivity contribution in [1.82, 2.24) is 4.90 Å². The highest BCUT2D eigenvalue weighted by Crippen LogP contribution is 2.47. The second-order valence-electron chi connectivity index (χ2n) is 6.88. The lowest BCUT2D eigenvalue weighted by molar-refractivity contribution is -0.166. The minimum Gasteiger partial charge on any atom is -0.441 e. The number of amides is 1. The summed E-state index contributed by atoms with van der Waals surface area (Å²) in [5, 5.41) is 0. The monoisotopic (exact) mass is 303 g/mol. The number of rotatable bonds is 2. The van der Waals surface area contributed by atoms with Crippen LogP contribution in [-0.2, 0) is 20.8 Å². The third-order valence-corrected chi connectivity index (χ3v) is 4.91. The van der Waals surface area contributed by atoms with Gasteiger partial charge in [0.1, 0.15) is 6.10 Å². The lowest BCUT2D eigenvalue weighted by Gasteiger charge is -2.28. The molecule has 0 unspecified atom stereocenters. The van der Waals surface area contributed by atoms with Crippen LogP contribution in [0, 0.1) is 5.92 Å². The van der Waals surface area contributed by atoms with Gasteiger partial charge in [-0.15, -0.1) is 0 Å². The van der Waals surface area contributed by atoms with E-state index in [1.165, 1.54) is 0 Å². The molecular formula is C17H21NO4. The number of benzene rings is 1. The predicted octanol–water partition coefficient (Wildman–Crippen LogP) is 2.55. The van der Waals surface area contributed by atoms with E-state index in [9.17, 15) is 4.79 Å². The lowest BCUT2D eigenvalue weighted by atomic mass is 10.0. The summed E-state index contributed by atoms with van der Waals surface area (Å²) >= 11 is 0. The number of carbonyl (C=O) groups is 1. The smallest absolute Gasteiger partial charge is 0.410 e. The quantitative estimate of drug-likeness (QED) is 0.842. The van der Waals surface area contributed by atoms with Crippen molar-refractivity contribution >= 4 is 6.09 Å². The first-order valence-corrected chi connectivity index (χ1v) is 7.83. The number of nitrogens with zero attached hydrogens (tertiary/aromatic N) is 1. The third-order valence-electron chi connectivity index (χ3n) is 4.91. The van der Waals surface area contributed by atoms with Crippen LogP contribution in [0.2, 0.25) is 0 Å². The SMILES string of the molecule is C[C@H]1[C@H]2OC(C)(C)O[C@H]2[C@@H]2OC(=O)N(Cc3ccccc3)[C@H]12. The van der Waals surface area contributed by atoms with Crippen molar-refractivity contribution in [2.24, 2.45) is 5.92 Å². The minimum absolute atomic E-state index is 0.0128. The molecule has 5 atom stereocenters. The summed E-state index contributed by atoms with van der Waals surface area (Å²) in [6, 6.07) is 10.00. The second kappa shape index (κ2) is 4.70. The van der Waals surface area contributed by atoms with E-state index in [2.05, 4.69) is 6.92 Å². The van der Waals surface area contributed by atoms with E-state index in [1.807, 2.05) is 49.1 Å². The molecule has 1 amide bonds. The van der Waals surface area contributed by atoms with Crippen molar-refractivity contribution in [3.8, 4) is 0 Å². The molecule has 5 nitrogen and oxygen atoms in total. The van der Waals surface area contributed by atoms with Gasteiger partial charge in [-0.05, 0) is 19.4 Å². The van der Waals surface area contributed by atoms with Crippen LogP contribution in [0.3, 0.4) is 0 Å². The van der Waals surface area contributed by atoms with Gasteiger partial charge in [-0.2, -0.15) is 0 Å². The number of hydrogen-bond donors (Lipinski definition) is 0. The van der Waals surface area contributed by atoms with Crippen molar-refractivity contribution in [2.45, 2.75) is 57.5 Å². The Morgan fingerprint density at radius 2 is 1.77 bits per heavy atom. The molecule has 5 heteroatoms. The third kappa shape index (κ3) is 2.03. The van der Waals surface area contributed by atoms with Crippen LogP contribution in [0.4, 0.5) is 4.79 Å². The highest BCUT2D eigenvalue weighted by Gasteiger charge is 2.64. The van der Waals surface area contributed by atoms with E-state index in [0.717, 1.165) is 5.56 Å². The lowest BCUT2D eigenvalue weighted by Crippen LogP contribution is -2.41. The van der Waals surface area contributed by atoms with Crippen LogP contribution in [0.5, 0.6) is 0 Å². The van der Waals surface area contributed by atoms with Gasteiger partial charge >= 0.3 is 6.09 Å². The molecule has 0 radical (unpaired) electrons. The van der Waals surface area contributed by atoms with Gasteiger partial charge in [0.05, 0.1) is 12.1 Å². The Morgan fingerprint density at radius 1 is 1.09 bits per heavy atom. The van der Waals surface area contributed by atoms with Gasteiger partial charge in [0.2, 0.25) is 0 Å². The van der Waals surface area contributed by atoms with E-state index < -0.39 is 5.79 Å². The molecule has 3 aliphatic rings. The van der Waals surface area contributed by atoms with Gasteiger partial charge in [-0.3, -0.25) is 4.90 Å². The average Bonchev–Trinajstić information content (AvgIpc) is 3.04. The molecule has 2 heterocycles. The van der Waals surface area contributed by atoms with E-state index in [4.69, 9.17) is 14.2 Å². The Hall–Kier alpha value is -1.59. The number of carbonyl (C=O) groups excluding carboxylic acids is 1. The molecule has 1 saturated carbocycles. The van der Waals surface area contributed by atoms with Gasteiger partial charge in [0, 0.05) is 12.5 Å². The van der Waals surface area contributed by atoms with Crippen molar-refractivity contribution in [2.75, 3.05) is 0 Å².